The van der Waals surface area contributed by atoms with E-state index in [9.17, 15) is 13.2 Å². The number of hydrogen-bond acceptors (Lipinski definition) is 3. The molecule has 0 amide bonds. The van der Waals surface area contributed by atoms with Gasteiger partial charge in [0.15, 0.2) is 0 Å². The molecule has 0 fully saturated rings. The van der Waals surface area contributed by atoms with Gasteiger partial charge in [-0.25, -0.2) is 14.6 Å². The largest absolute Gasteiger partial charge is 0.419 e. The summed E-state index contributed by atoms with van der Waals surface area (Å²) in [6.07, 6.45) is 0.0443. The Morgan fingerprint density at radius 3 is 2.19 bits per heavy atom. The average Bonchev–Trinajstić information content (AvgIpc) is 2.64. The molecule has 2 rings (SSSR count). The van der Waals surface area contributed by atoms with Crippen molar-refractivity contribution in [2.45, 2.75) is 6.18 Å². The van der Waals surface area contributed by atoms with E-state index in [0.717, 1.165) is 12.4 Å². The first-order valence-corrected chi connectivity index (χ1v) is 4.86. The number of aromatic nitrogens is 4. The van der Waals surface area contributed by atoms with E-state index in [1.807, 2.05) is 0 Å². The molecule has 0 radical (unpaired) electrons. The number of alkyl halides is 3. The van der Waals surface area contributed by atoms with Crippen LogP contribution >= 0.6 is 15.9 Å². The van der Waals surface area contributed by atoms with Crippen LogP contribution in [0.4, 0.5) is 13.2 Å². The van der Waals surface area contributed by atoms with Gasteiger partial charge in [0.1, 0.15) is 0 Å². The predicted molar refractivity (Wildman–Crippen MR) is 51.9 cm³/mol. The van der Waals surface area contributed by atoms with Crippen LogP contribution in [-0.2, 0) is 6.18 Å². The van der Waals surface area contributed by atoms with Gasteiger partial charge < -0.3 is 0 Å². The van der Waals surface area contributed by atoms with E-state index in [2.05, 4.69) is 31.0 Å². The molecular formula is C8H4BrF3N4. The molecule has 0 spiro atoms. The summed E-state index contributed by atoms with van der Waals surface area (Å²) in [6, 6.07) is 0. The maximum absolute atomic E-state index is 12.2. The molecule has 0 atom stereocenters. The van der Waals surface area contributed by atoms with E-state index in [1.165, 1.54) is 10.9 Å². The molecule has 0 unspecified atom stereocenters. The summed E-state index contributed by atoms with van der Waals surface area (Å²) in [5.74, 6) is 0.0821. The van der Waals surface area contributed by atoms with Crippen LogP contribution in [-0.4, -0.2) is 19.7 Å². The van der Waals surface area contributed by atoms with Crippen LogP contribution in [0.15, 0.2) is 29.3 Å². The van der Waals surface area contributed by atoms with Gasteiger partial charge in [0, 0.05) is 18.6 Å². The number of rotatable bonds is 1. The van der Waals surface area contributed by atoms with Gasteiger partial charge in [-0.3, -0.25) is 0 Å². The Bertz CT molecular complexity index is 491. The first-order valence-electron chi connectivity index (χ1n) is 4.06. The van der Waals surface area contributed by atoms with Crippen molar-refractivity contribution in [3.8, 4) is 5.95 Å². The molecule has 2 heterocycles. The van der Waals surface area contributed by atoms with Crippen molar-refractivity contribution >= 4 is 15.9 Å². The Labute approximate surface area is 96.3 Å². The molecule has 0 saturated carbocycles. The lowest BCUT2D eigenvalue weighted by Gasteiger charge is -2.05. The minimum Gasteiger partial charge on any atom is -0.219 e. The molecule has 0 aromatic carbocycles. The van der Waals surface area contributed by atoms with Gasteiger partial charge in [0.2, 0.25) is 5.95 Å². The zero-order valence-corrected chi connectivity index (χ0v) is 9.20. The molecule has 0 N–H and O–H groups in total. The maximum atomic E-state index is 12.2. The smallest absolute Gasteiger partial charge is 0.219 e. The standard InChI is InChI=1S/C8H4BrF3N4/c9-6-3-15-16(4-6)7-13-1-5(2-14-7)8(10,11)12/h1-4H. The van der Waals surface area contributed by atoms with Crippen molar-refractivity contribution in [1.29, 1.82) is 0 Å². The van der Waals surface area contributed by atoms with E-state index in [4.69, 9.17) is 0 Å². The monoisotopic (exact) mass is 292 g/mol. The molecule has 16 heavy (non-hydrogen) atoms. The molecular weight excluding hydrogens is 289 g/mol. The zero-order valence-electron chi connectivity index (χ0n) is 7.61. The van der Waals surface area contributed by atoms with E-state index in [0.29, 0.717) is 4.47 Å². The van der Waals surface area contributed by atoms with Crippen molar-refractivity contribution in [3.63, 3.8) is 0 Å². The highest BCUT2D eigenvalue weighted by molar-refractivity contribution is 9.10. The van der Waals surface area contributed by atoms with Crippen molar-refractivity contribution in [3.05, 3.63) is 34.8 Å². The SMILES string of the molecule is FC(F)(F)c1cnc(-n2cc(Br)cn2)nc1. The van der Waals surface area contributed by atoms with Crippen molar-refractivity contribution in [1.82, 2.24) is 19.7 Å². The first kappa shape index (κ1) is 11.1. The van der Waals surface area contributed by atoms with Gasteiger partial charge in [0.05, 0.1) is 16.2 Å². The third kappa shape index (κ3) is 2.21. The topological polar surface area (TPSA) is 43.6 Å². The minimum absolute atomic E-state index is 0.0821. The normalized spacial score (nSPS) is 11.8. The molecule has 0 saturated heterocycles. The lowest BCUT2D eigenvalue weighted by molar-refractivity contribution is -0.138. The Hall–Kier alpha value is -1.44. The van der Waals surface area contributed by atoms with Gasteiger partial charge in [-0.15, -0.1) is 0 Å². The van der Waals surface area contributed by atoms with Crippen LogP contribution in [0.1, 0.15) is 5.56 Å². The predicted octanol–water partition coefficient (Wildman–Crippen LogP) is 2.44. The second-order valence-corrected chi connectivity index (χ2v) is 3.79. The van der Waals surface area contributed by atoms with E-state index >= 15 is 0 Å². The van der Waals surface area contributed by atoms with Crippen LogP contribution in [0.3, 0.4) is 0 Å². The van der Waals surface area contributed by atoms with Crippen molar-refractivity contribution in [2.24, 2.45) is 0 Å². The van der Waals surface area contributed by atoms with Crippen LogP contribution in [0, 0.1) is 0 Å². The third-order valence-corrected chi connectivity index (χ3v) is 2.13. The minimum atomic E-state index is -4.43. The maximum Gasteiger partial charge on any atom is 0.419 e. The van der Waals surface area contributed by atoms with Crippen molar-refractivity contribution in [2.75, 3.05) is 0 Å². The summed E-state index contributed by atoms with van der Waals surface area (Å²) >= 11 is 3.16. The van der Waals surface area contributed by atoms with Gasteiger partial charge in [-0.05, 0) is 15.9 Å². The van der Waals surface area contributed by atoms with Crippen LogP contribution in [0.25, 0.3) is 5.95 Å². The number of hydrogen-bond donors (Lipinski definition) is 0. The van der Waals surface area contributed by atoms with Gasteiger partial charge in [0.25, 0.3) is 0 Å². The van der Waals surface area contributed by atoms with Crippen LogP contribution < -0.4 is 0 Å². The van der Waals surface area contributed by atoms with Crippen LogP contribution in [0.2, 0.25) is 0 Å². The van der Waals surface area contributed by atoms with Crippen molar-refractivity contribution < 1.29 is 13.2 Å². The molecule has 0 bridgehead atoms. The quantitative estimate of drug-likeness (QED) is 0.811. The summed E-state index contributed by atoms with van der Waals surface area (Å²) in [5.41, 5.74) is -0.887. The molecule has 84 valence electrons. The third-order valence-electron chi connectivity index (χ3n) is 1.72. The Kier molecular flexibility index (Phi) is 2.66. The Balaban J connectivity index is 2.33. The Morgan fingerprint density at radius 1 is 1.12 bits per heavy atom. The summed E-state index contributed by atoms with van der Waals surface area (Å²) < 4.78 is 38.6. The highest BCUT2D eigenvalue weighted by atomic mass is 79.9. The van der Waals surface area contributed by atoms with Crippen LogP contribution in [0.5, 0.6) is 0 Å². The fourth-order valence-corrected chi connectivity index (χ4v) is 1.28. The lowest BCUT2D eigenvalue weighted by atomic mass is 10.3. The highest BCUT2D eigenvalue weighted by Gasteiger charge is 2.31. The number of halogens is 4. The summed E-state index contributed by atoms with van der Waals surface area (Å²) in [4.78, 5) is 7.15. The van der Waals surface area contributed by atoms with E-state index < -0.39 is 11.7 Å². The molecule has 0 aliphatic heterocycles. The molecule has 2 aromatic rings. The molecule has 8 heteroatoms. The number of nitrogens with zero attached hydrogens (tertiary/aromatic N) is 4. The second kappa shape index (κ2) is 3.85. The average molecular weight is 293 g/mol. The molecule has 4 nitrogen and oxygen atoms in total. The Morgan fingerprint density at radius 2 is 1.75 bits per heavy atom. The van der Waals surface area contributed by atoms with Gasteiger partial charge >= 0.3 is 6.18 Å². The fourth-order valence-electron chi connectivity index (χ4n) is 0.996. The zero-order chi connectivity index (χ0) is 11.8. The summed E-state index contributed by atoms with van der Waals surface area (Å²) in [5, 5.41) is 3.84. The van der Waals surface area contributed by atoms with Gasteiger partial charge in [-0.2, -0.15) is 18.3 Å². The highest BCUT2D eigenvalue weighted by Crippen LogP contribution is 2.27. The summed E-state index contributed by atoms with van der Waals surface area (Å²) in [6.45, 7) is 0. The van der Waals surface area contributed by atoms with E-state index in [1.54, 1.807) is 6.20 Å². The summed E-state index contributed by atoms with van der Waals surface area (Å²) in [7, 11) is 0. The molecule has 2 aromatic heterocycles. The first-order chi connectivity index (χ1) is 7.47. The lowest BCUT2D eigenvalue weighted by Crippen LogP contribution is -2.08. The van der Waals surface area contributed by atoms with Gasteiger partial charge in [-0.1, -0.05) is 0 Å². The molecule has 0 aliphatic rings. The molecule has 0 aliphatic carbocycles. The second-order valence-electron chi connectivity index (χ2n) is 2.87. The van der Waals surface area contributed by atoms with E-state index in [-0.39, 0.29) is 5.95 Å². The fraction of sp³-hybridized carbons (Fsp3) is 0.125.